The normalized spacial score (nSPS) is 16.8. The summed E-state index contributed by atoms with van der Waals surface area (Å²) < 4.78 is 1.93. The zero-order chi connectivity index (χ0) is 12.5. The molecule has 92 valence electrons. The van der Waals surface area contributed by atoms with Gasteiger partial charge in [0, 0.05) is 37.8 Å². The molecule has 1 aliphatic rings. The van der Waals surface area contributed by atoms with E-state index < -0.39 is 0 Å². The van der Waals surface area contributed by atoms with Crippen LogP contribution in [0.2, 0.25) is 0 Å². The van der Waals surface area contributed by atoms with E-state index in [2.05, 4.69) is 23.4 Å². The van der Waals surface area contributed by atoms with Crippen LogP contribution in [-0.2, 0) is 13.6 Å². The van der Waals surface area contributed by atoms with Gasteiger partial charge in [-0.1, -0.05) is 0 Å². The van der Waals surface area contributed by atoms with Crippen molar-refractivity contribution < 1.29 is 0 Å². The fraction of sp³-hybridized carbons (Fsp3) is 0.692. The fourth-order valence-electron chi connectivity index (χ4n) is 2.29. The molecule has 4 nitrogen and oxygen atoms in total. The van der Waals surface area contributed by atoms with Crippen molar-refractivity contribution in [3.05, 3.63) is 17.0 Å². The Kier molecular flexibility index (Phi) is 3.21. The van der Waals surface area contributed by atoms with E-state index in [1.807, 2.05) is 18.7 Å². The molecule has 4 heteroatoms. The Bertz CT molecular complexity index is 449. The minimum atomic E-state index is 0.277. The van der Waals surface area contributed by atoms with Gasteiger partial charge in [-0.05, 0) is 32.1 Å². The number of hydrogen-bond donors (Lipinski definition) is 1. The second-order valence-electron chi connectivity index (χ2n) is 5.21. The van der Waals surface area contributed by atoms with Gasteiger partial charge in [0.25, 0.3) is 0 Å². The summed E-state index contributed by atoms with van der Waals surface area (Å²) in [7, 11) is 1.98. The highest BCUT2D eigenvalue weighted by Crippen LogP contribution is 2.47. The smallest absolute Gasteiger partial charge is 0.0641 e. The topological polar surface area (TPSA) is 53.6 Å². The van der Waals surface area contributed by atoms with E-state index in [9.17, 15) is 0 Å². The molecular formula is C13H20N4. The largest absolute Gasteiger partial charge is 0.312 e. The molecule has 1 aliphatic carbocycles. The van der Waals surface area contributed by atoms with E-state index in [4.69, 9.17) is 5.26 Å². The first kappa shape index (κ1) is 12.1. The summed E-state index contributed by atoms with van der Waals surface area (Å²) in [5.41, 5.74) is 3.89. The van der Waals surface area contributed by atoms with Gasteiger partial charge in [0.05, 0.1) is 11.8 Å². The van der Waals surface area contributed by atoms with Crippen LogP contribution >= 0.6 is 0 Å². The van der Waals surface area contributed by atoms with Crippen LogP contribution in [0.25, 0.3) is 0 Å². The van der Waals surface area contributed by atoms with Crippen LogP contribution in [0.1, 0.15) is 36.2 Å². The van der Waals surface area contributed by atoms with Crippen LogP contribution in [0, 0.1) is 30.6 Å². The Morgan fingerprint density at radius 3 is 2.65 bits per heavy atom. The lowest BCUT2D eigenvalue weighted by molar-refractivity contribution is 0.466. The Balaban J connectivity index is 1.89. The molecule has 0 amide bonds. The van der Waals surface area contributed by atoms with Gasteiger partial charge in [0.15, 0.2) is 0 Å². The van der Waals surface area contributed by atoms with Gasteiger partial charge >= 0.3 is 0 Å². The summed E-state index contributed by atoms with van der Waals surface area (Å²) in [5.74, 6) is 0. The quantitative estimate of drug-likeness (QED) is 0.842. The summed E-state index contributed by atoms with van der Waals surface area (Å²) in [5, 5.41) is 16.6. The number of nitriles is 1. The first-order chi connectivity index (χ1) is 8.08. The van der Waals surface area contributed by atoms with Crippen molar-refractivity contribution >= 4 is 0 Å². The van der Waals surface area contributed by atoms with Crippen molar-refractivity contribution in [2.45, 2.75) is 39.7 Å². The van der Waals surface area contributed by atoms with Crippen molar-refractivity contribution in [1.82, 2.24) is 15.1 Å². The molecule has 1 aromatic rings. The Labute approximate surface area is 103 Å². The molecule has 2 rings (SSSR count). The summed E-state index contributed by atoms with van der Waals surface area (Å²) in [6.07, 6.45) is 3.07. The highest BCUT2D eigenvalue weighted by atomic mass is 15.3. The summed E-state index contributed by atoms with van der Waals surface area (Å²) in [4.78, 5) is 0. The predicted molar refractivity (Wildman–Crippen MR) is 66.3 cm³/mol. The molecule has 1 aromatic heterocycles. The third kappa shape index (κ3) is 2.50. The van der Waals surface area contributed by atoms with Crippen LogP contribution in [0.3, 0.4) is 0 Å². The first-order valence-corrected chi connectivity index (χ1v) is 6.15. The maximum atomic E-state index is 8.76. The van der Waals surface area contributed by atoms with E-state index in [1.54, 1.807) is 0 Å². The van der Waals surface area contributed by atoms with Gasteiger partial charge in [-0.3, -0.25) is 4.68 Å². The fourth-order valence-corrected chi connectivity index (χ4v) is 2.29. The van der Waals surface area contributed by atoms with Gasteiger partial charge in [-0.15, -0.1) is 0 Å². The Morgan fingerprint density at radius 2 is 2.18 bits per heavy atom. The highest BCUT2D eigenvalue weighted by molar-refractivity contribution is 5.24. The molecule has 0 unspecified atom stereocenters. The molecule has 1 heterocycles. The molecule has 1 N–H and O–H groups in total. The molecule has 0 aromatic carbocycles. The second-order valence-corrected chi connectivity index (χ2v) is 5.21. The number of hydrogen-bond acceptors (Lipinski definition) is 3. The van der Waals surface area contributed by atoms with Gasteiger partial charge in [-0.2, -0.15) is 10.4 Å². The standard InChI is InChI=1S/C13H20N4/c1-10-12(11(2)17(3)16-10)8-15-9-13(4-5-13)6-7-14/h15H,4-6,8-9H2,1-3H3. The summed E-state index contributed by atoms with van der Waals surface area (Å²) in [6.45, 7) is 5.96. The van der Waals surface area contributed by atoms with E-state index >= 15 is 0 Å². The van der Waals surface area contributed by atoms with Crippen molar-refractivity contribution in [2.75, 3.05) is 6.54 Å². The van der Waals surface area contributed by atoms with E-state index in [-0.39, 0.29) is 5.41 Å². The Morgan fingerprint density at radius 1 is 1.47 bits per heavy atom. The minimum absolute atomic E-state index is 0.277. The predicted octanol–water partition coefficient (Wildman–Crippen LogP) is 1.82. The first-order valence-electron chi connectivity index (χ1n) is 6.15. The maximum absolute atomic E-state index is 8.76. The van der Waals surface area contributed by atoms with Gasteiger partial charge in [0.2, 0.25) is 0 Å². The lowest BCUT2D eigenvalue weighted by Gasteiger charge is -2.12. The van der Waals surface area contributed by atoms with Crippen LogP contribution in [0.5, 0.6) is 0 Å². The monoisotopic (exact) mass is 232 g/mol. The summed E-state index contributed by atoms with van der Waals surface area (Å²) in [6, 6.07) is 2.29. The molecule has 0 radical (unpaired) electrons. The van der Waals surface area contributed by atoms with E-state index in [0.29, 0.717) is 6.42 Å². The molecule has 0 spiro atoms. The third-order valence-electron chi connectivity index (χ3n) is 3.87. The summed E-state index contributed by atoms with van der Waals surface area (Å²) >= 11 is 0. The molecule has 0 bridgehead atoms. The third-order valence-corrected chi connectivity index (χ3v) is 3.87. The molecule has 0 aliphatic heterocycles. The van der Waals surface area contributed by atoms with Gasteiger partial charge < -0.3 is 5.32 Å². The molecule has 17 heavy (non-hydrogen) atoms. The number of aryl methyl sites for hydroxylation is 2. The zero-order valence-corrected chi connectivity index (χ0v) is 10.9. The van der Waals surface area contributed by atoms with Crippen molar-refractivity contribution in [3.8, 4) is 6.07 Å². The minimum Gasteiger partial charge on any atom is -0.312 e. The van der Waals surface area contributed by atoms with Crippen molar-refractivity contribution in [2.24, 2.45) is 12.5 Å². The number of rotatable bonds is 5. The molecular weight excluding hydrogens is 212 g/mol. The number of nitrogens with zero attached hydrogens (tertiary/aromatic N) is 3. The Hall–Kier alpha value is -1.34. The van der Waals surface area contributed by atoms with Crippen molar-refractivity contribution in [3.63, 3.8) is 0 Å². The lowest BCUT2D eigenvalue weighted by atomic mass is 10.0. The average Bonchev–Trinajstić information content (AvgIpc) is 2.99. The number of aromatic nitrogens is 2. The van der Waals surface area contributed by atoms with Crippen LogP contribution in [-0.4, -0.2) is 16.3 Å². The molecule has 0 atom stereocenters. The van der Waals surface area contributed by atoms with E-state index in [0.717, 1.165) is 18.8 Å². The SMILES string of the molecule is Cc1nn(C)c(C)c1CNCC1(CC#N)CC1. The average molecular weight is 232 g/mol. The molecule has 1 fully saturated rings. The lowest BCUT2D eigenvalue weighted by Crippen LogP contribution is -2.23. The number of nitrogens with one attached hydrogen (secondary N) is 1. The molecule has 0 saturated heterocycles. The van der Waals surface area contributed by atoms with Crippen LogP contribution < -0.4 is 5.32 Å². The van der Waals surface area contributed by atoms with Crippen LogP contribution in [0.15, 0.2) is 0 Å². The van der Waals surface area contributed by atoms with Crippen molar-refractivity contribution in [1.29, 1.82) is 5.26 Å². The van der Waals surface area contributed by atoms with Crippen LogP contribution in [0.4, 0.5) is 0 Å². The van der Waals surface area contributed by atoms with Gasteiger partial charge in [-0.25, -0.2) is 0 Å². The molecule has 1 saturated carbocycles. The second kappa shape index (κ2) is 4.50. The zero-order valence-electron chi connectivity index (χ0n) is 10.9. The highest BCUT2D eigenvalue weighted by Gasteiger charge is 2.41. The van der Waals surface area contributed by atoms with Gasteiger partial charge in [0.1, 0.15) is 0 Å². The van der Waals surface area contributed by atoms with E-state index in [1.165, 1.54) is 24.1 Å². The maximum Gasteiger partial charge on any atom is 0.0641 e.